The van der Waals surface area contributed by atoms with Gasteiger partial charge in [0.2, 0.25) is 5.91 Å². The Morgan fingerprint density at radius 1 is 1.26 bits per heavy atom. The predicted octanol–water partition coefficient (Wildman–Crippen LogP) is 1.44. The van der Waals surface area contributed by atoms with Crippen molar-refractivity contribution in [1.82, 2.24) is 4.90 Å². The van der Waals surface area contributed by atoms with Crippen LogP contribution in [0, 0.1) is 17.6 Å². The van der Waals surface area contributed by atoms with Crippen molar-refractivity contribution in [2.75, 3.05) is 13.1 Å². The van der Waals surface area contributed by atoms with Crippen LogP contribution in [-0.2, 0) is 16.0 Å². The molecule has 1 aromatic carbocycles. The predicted molar refractivity (Wildman–Crippen MR) is 62.4 cm³/mol. The van der Waals surface area contributed by atoms with Gasteiger partial charge in [0.1, 0.15) is 0 Å². The minimum absolute atomic E-state index is 0.00298. The van der Waals surface area contributed by atoms with Crippen molar-refractivity contribution < 1.29 is 23.5 Å². The minimum atomic E-state index is -0.974. The van der Waals surface area contributed by atoms with Gasteiger partial charge in [0.15, 0.2) is 11.6 Å². The van der Waals surface area contributed by atoms with Crippen LogP contribution in [0.2, 0.25) is 0 Å². The maximum Gasteiger partial charge on any atom is 0.303 e. The lowest BCUT2D eigenvalue weighted by Gasteiger charge is -2.38. The molecule has 1 heterocycles. The van der Waals surface area contributed by atoms with Crippen molar-refractivity contribution in [3.8, 4) is 0 Å². The fraction of sp³-hybridized carbons (Fsp3) is 0.385. The summed E-state index contributed by atoms with van der Waals surface area (Å²) in [4.78, 5) is 23.8. The zero-order valence-electron chi connectivity index (χ0n) is 10.1. The lowest BCUT2D eigenvalue weighted by molar-refractivity contribution is -0.144. The van der Waals surface area contributed by atoms with E-state index in [0.29, 0.717) is 18.7 Å². The van der Waals surface area contributed by atoms with Crippen LogP contribution >= 0.6 is 0 Å². The SMILES string of the molecule is O=C(O)CC1CN(C(=O)Cc2ccc(F)c(F)c2)C1. The zero-order chi connectivity index (χ0) is 14.0. The van der Waals surface area contributed by atoms with Crippen molar-refractivity contribution >= 4 is 11.9 Å². The Kier molecular flexibility index (Phi) is 3.78. The number of aliphatic carboxylic acids is 1. The largest absolute Gasteiger partial charge is 0.481 e. The second-order valence-electron chi connectivity index (χ2n) is 4.69. The van der Waals surface area contributed by atoms with Crippen molar-refractivity contribution in [3.63, 3.8) is 0 Å². The molecule has 19 heavy (non-hydrogen) atoms. The Hall–Kier alpha value is -1.98. The summed E-state index contributed by atoms with van der Waals surface area (Å²) in [6.45, 7) is 0.823. The van der Waals surface area contributed by atoms with Crippen LogP contribution in [0.25, 0.3) is 0 Å². The molecule has 0 aliphatic carbocycles. The van der Waals surface area contributed by atoms with Crippen LogP contribution in [-0.4, -0.2) is 35.0 Å². The molecule has 0 saturated carbocycles. The van der Waals surface area contributed by atoms with Crippen molar-refractivity contribution in [3.05, 3.63) is 35.4 Å². The topological polar surface area (TPSA) is 57.6 Å². The normalized spacial score (nSPS) is 15.2. The van der Waals surface area contributed by atoms with Crippen molar-refractivity contribution in [1.29, 1.82) is 0 Å². The number of carbonyl (C=O) groups is 2. The summed E-state index contributed by atoms with van der Waals surface area (Å²) >= 11 is 0. The second kappa shape index (κ2) is 5.34. The summed E-state index contributed by atoms with van der Waals surface area (Å²) in [7, 11) is 0. The first-order valence-electron chi connectivity index (χ1n) is 5.89. The van der Waals surface area contributed by atoms with Gasteiger partial charge in [-0.15, -0.1) is 0 Å². The molecule has 1 N–H and O–H groups in total. The molecule has 102 valence electrons. The maximum atomic E-state index is 13.0. The highest BCUT2D eigenvalue weighted by Gasteiger charge is 2.31. The van der Waals surface area contributed by atoms with E-state index >= 15 is 0 Å². The molecule has 6 heteroatoms. The van der Waals surface area contributed by atoms with Gasteiger partial charge in [0, 0.05) is 19.0 Å². The van der Waals surface area contributed by atoms with E-state index < -0.39 is 17.6 Å². The Morgan fingerprint density at radius 3 is 2.53 bits per heavy atom. The Morgan fingerprint density at radius 2 is 1.95 bits per heavy atom. The molecular weight excluding hydrogens is 256 g/mol. The van der Waals surface area contributed by atoms with Crippen molar-refractivity contribution in [2.24, 2.45) is 5.92 Å². The fourth-order valence-electron chi connectivity index (χ4n) is 2.09. The standard InChI is InChI=1S/C13H13F2NO3/c14-10-2-1-8(3-11(10)15)4-12(17)16-6-9(7-16)5-13(18)19/h1-3,9H,4-7H2,(H,18,19). The van der Waals surface area contributed by atoms with E-state index in [1.165, 1.54) is 11.0 Å². The number of rotatable bonds is 4. The van der Waals surface area contributed by atoms with Crippen LogP contribution in [0.4, 0.5) is 8.78 Å². The molecule has 1 fully saturated rings. The molecule has 1 aliphatic rings. The summed E-state index contributed by atoms with van der Waals surface area (Å²) < 4.78 is 25.7. The van der Waals surface area contributed by atoms with E-state index in [4.69, 9.17) is 5.11 Å². The monoisotopic (exact) mass is 269 g/mol. The minimum Gasteiger partial charge on any atom is -0.481 e. The van der Waals surface area contributed by atoms with Gasteiger partial charge in [-0.05, 0) is 17.7 Å². The van der Waals surface area contributed by atoms with Crippen LogP contribution in [0.3, 0.4) is 0 Å². The van der Waals surface area contributed by atoms with Crippen LogP contribution in [0.15, 0.2) is 18.2 Å². The molecule has 0 bridgehead atoms. The molecule has 1 saturated heterocycles. The van der Waals surface area contributed by atoms with Gasteiger partial charge in [-0.2, -0.15) is 0 Å². The molecule has 1 amide bonds. The first kappa shape index (κ1) is 13.5. The molecule has 1 aromatic rings. The van der Waals surface area contributed by atoms with Crippen LogP contribution in [0.5, 0.6) is 0 Å². The highest BCUT2D eigenvalue weighted by atomic mass is 19.2. The number of carboxylic acid groups (broad SMARTS) is 1. The third kappa shape index (κ3) is 3.27. The lowest BCUT2D eigenvalue weighted by atomic mass is 9.95. The van der Waals surface area contributed by atoms with E-state index in [0.717, 1.165) is 12.1 Å². The van der Waals surface area contributed by atoms with Gasteiger partial charge >= 0.3 is 5.97 Å². The quantitative estimate of drug-likeness (QED) is 0.899. The van der Waals surface area contributed by atoms with Crippen LogP contribution < -0.4 is 0 Å². The average molecular weight is 269 g/mol. The number of carbonyl (C=O) groups excluding carboxylic acids is 1. The van der Waals surface area contributed by atoms with E-state index in [9.17, 15) is 18.4 Å². The molecule has 0 atom stereocenters. The maximum absolute atomic E-state index is 13.0. The first-order chi connectivity index (χ1) is 8.95. The smallest absolute Gasteiger partial charge is 0.303 e. The highest BCUT2D eigenvalue weighted by molar-refractivity contribution is 5.80. The molecule has 0 aromatic heterocycles. The molecule has 0 radical (unpaired) electrons. The summed E-state index contributed by atoms with van der Waals surface area (Å²) in [5.74, 6) is -3.00. The number of hydrogen-bond donors (Lipinski definition) is 1. The average Bonchev–Trinajstić information content (AvgIpc) is 2.27. The van der Waals surface area contributed by atoms with Gasteiger partial charge in [-0.25, -0.2) is 8.78 Å². The zero-order valence-corrected chi connectivity index (χ0v) is 10.1. The van der Waals surface area contributed by atoms with E-state index in [1.54, 1.807) is 0 Å². The number of hydrogen-bond acceptors (Lipinski definition) is 2. The summed E-state index contributed by atoms with van der Waals surface area (Å²) in [6.07, 6.45) is 0.0476. The van der Waals surface area contributed by atoms with Gasteiger partial charge in [-0.1, -0.05) is 6.07 Å². The summed E-state index contributed by atoms with van der Waals surface area (Å²) in [5.41, 5.74) is 0.408. The highest BCUT2D eigenvalue weighted by Crippen LogP contribution is 2.20. The molecular formula is C13H13F2NO3. The van der Waals surface area contributed by atoms with Gasteiger partial charge in [-0.3, -0.25) is 9.59 Å². The van der Waals surface area contributed by atoms with E-state index in [1.807, 2.05) is 0 Å². The third-order valence-corrected chi connectivity index (χ3v) is 3.11. The van der Waals surface area contributed by atoms with Gasteiger partial charge in [0.05, 0.1) is 12.8 Å². The van der Waals surface area contributed by atoms with Crippen molar-refractivity contribution in [2.45, 2.75) is 12.8 Å². The summed E-state index contributed by atoms with van der Waals surface area (Å²) in [6, 6.07) is 3.36. The molecule has 2 rings (SSSR count). The number of amides is 1. The number of halogens is 2. The second-order valence-corrected chi connectivity index (χ2v) is 4.69. The number of likely N-dealkylation sites (tertiary alicyclic amines) is 1. The Labute approximate surface area is 108 Å². The van der Waals surface area contributed by atoms with E-state index in [2.05, 4.69) is 0 Å². The molecule has 0 unspecified atom stereocenters. The third-order valence-electron chi connectivity index (χ3n) is 3.11. The molecule has 0 spiro atoms. The molecule has 4 nitrogen and oxygen atoms in total. The fourth-order valence-corrected chi connectivity index (χ4v) is 2.09. The van der Waals surface area contributed by atoms with Crippen LogP contribution in [0.1, 0.15) is 12.0 Å². The van der Waals surface area contributed by atoms with Gasteiger partial charge < -0.3 is 10.0 Å². The first-order valence-corrected chi connectivity index (χ1v) is 5.89. The Bertz CT molecular complexity index is 513. The Balaban J connectivity index is 1.85. The number of benzene rings is 1. The summed E-state index contributed by atoms with van der Waals surface area (Å²) in [5, 5.41) is 8.58. The lowest BCUT2D eigenvalue weighted by Crippen LogP contribution is -2.51. The van der Waals surface area contributed by atoms with Gasteiger partial charge in [0.25, 0.3) is 0 Å². The van der Waals surface area contributed by atoms with E-state index in [-0.39, 0.29) is 24.7 Å². The number of nitrogens with zero attached hydrogens (tertiary/aromatic N) is 1. The molecule has 1 aliphatic heterocycles. The number of carboxylic acids is 1.